The van der Waals surface area contributed by atoms with Crippen LogP contribution in [0.25, 0.3) is 21.7 Å². The molecule has 3 aliphatic heterocycles. The van der Waals surface area contributed by atoms with Crippen molar-refractivity contribution in [1.29, 1.82) is 0 Å². The highest BCUT2D eigenvalue weighted by molar-refractivity contribution is 7.13. The van der Waals surface area contributed by atoms with Gasteiger partial charge in [0.15, 0.2) is 5.82 Å². The van der Waals surface area contributed by atoms with Gasteiger partial charge in [0.2, 0.25) is 23.7 Å². The average Bonchev–Trinajstić information content (AvgIpc) is 4.01. The number of thiazole rings is 1. The van der Waals surface area contributed by atoms with Crippen LogP contribution in [0.15, 0.2) is 66.3 Å². The summed E-state index contributed by atoms with van der Waals surface area (Å²) in [5.41, 5.74) is 14.5. The highest BCUT2D eigenvalue weighted by Gasteiger charge is 2.46. The number of fused-ring (bicyclic) bond motifs is 2. The van der Waals surface area contributed by atoms with E-state index in [9.17, 15) is 24.6 Å². The SMILES string of the molecule is Cc1ncsc1-c1ccc(CNC(=O)[C@@H]2C[C@@H](O)CN2C(=O)[C@@H](NC(=O)[C@H]2CC[C@@H](c3cnc(N4C5CCC4CN(c4cc(-c6ccccc6O)nnc4N)C5)nc3C)CC2)C(C)(C)C)cc1. The maximum Gasteiger partial charge on any atom is 0.246 e. The molecule has 2 bridgehead atoms. The average molecular weight is 928 g/mol. The number of carbonyl (C=O) groups is 3. The third-order valence-corrected chi connectivity index (χ3v) is 15.2. The number of aliphatic hydroxyl groups is 1. The van der Waals surface area contributed by atoms with Crippen LogP contribution in [0.5, 0.6) is 5.75 Å². The van der Waals surface area contributed by atoms with Gasteiger partial charge < -0.3 is 41.3 Å². The van der Waals surface area contributed by atoms with Crippen molar-refractivity contribution < 1.29 is 24.6 Å². The molecular weight excluding hydrogens is 867 g/mol. The molecule has 17 heteroatoms. The van der Waals surface area contributed by atoms with Crippen LogP contribution in [0.1, 0.15) is 94.1 Å². The minimum Gasteiger partial charge on any atom is -0.507 e. The molecule has 2 unspecified atom stereocenters. The predicted octanol–water partition coefficient (Wildman–Crippen LogP) is 5.90. The molecule has 3 aromatic heterocycles. The van der Waals surface area contributed by atoms with Crippen molar-refractivity contribution in [2.45, 2.75) is 122 Å². The van der Waals surface area contributed by atoms with Gasteiger partial charge in [0.05, 0.1) is 33.6 Å². The first-order valence-electron chi connectivity index (χ1n) is 23.5. The number of rotatable bonds is 11. The molecule has 0 radical (unpaired) electrons. The molecule has 3 amide bonds. The zero-order chi connectivity index (χ0) is 47.1. The highest BCUT2D eigenvalue weighted by Crippen LogP contribution is 2.41. The molecule has 9 rings (SSSR count). The first kappa shape index (κ1) is 45.9. The number of amides is 3. The molecule has 4 aliphatic rings. The van der Waals surface area contributed by atoms with Crippen molar-refractivity contribution in [2.75, 3.05) is 35.2 Å². The van der Waals surface area contributed by atoms with E-state index in [2.05, 4.69) is 35.6 Å². The largest absolute Gasteiger partial charge is 0.507 e. The number of phenolic OH excluding ortho intramolecular Hbond substituents is 1. The van der Waals surface area contributed by atoms with E-state index in [1.165, 1.54) is 4.90 Å². The Balaban J connectivity index is 0.794. The summed E-state index contributed by atoms with van der Waals surface area (Å²) in [6.45, 7) is 11.5. The first-order chi connectivity index (χ1) is 32.1. The van der Waals surface area contributed by atoms with E-state index in [1.807, 2.05) is 88.8 Å². The molecular formula is C50H61N11O5S. The summed E-state index contributed by atoms with van der Waals surface area (Å²) < 4.78 is 0. The van der Waals surface area contributed by atoms with E-state index in [0.29, 0.717) is 29.9 Å². The van der Waals surface area contributed by atoms with Crippen LogP contribution in [0.4, 0.5) is 17.5 Å². The predicted molar refractivity (Wildman–Crippen MR) is 258 cm³/mol. The zero-order valence-electron chi connectivity index (χ0n) is 38.9. The molecule has 5 aromatic rings. The topological polar surface area (TPSA) is 216 Å². The van der Waals surface area contributed by atoms with Crippen molar-refractivity contribution in [3.8, 4) is 27.4 Å². The Bertz CT molecular complexity index is 2610. The number of aliphatic hydroxyl groups excluding tert-OH is 1. The number of likely N-dealkylation sites (tertiary alicyclic amines) is 1. The number of nitrogen functional groups attached to an aromatic ring is 1. The normalized spacial score (nSPS) is 23.3. The molecule has 16 nitrogen and oxygen atoms in total. The molecule has 0 spiro atoms. The molecule has 6 N–H and O–H groups in total. The second kappa shape index (κ2) is 18.8. The maximum absolute atomic E-state index is 14.3. The Hall–Kier alpha value is -6.20. The molecule has 67 heavy (non-hydrogen) atoms. The summed E-state index contributed by atoms with van der Waals surface area (Å²) in [6, 6.07) is 15.6. The van der Waals surface area contributed by atoms with Gasteiger partial charge in [-0.05, 0) is 98.6 Å². The Morgan fingerprint density at radius 3 is 2.27 bits per heavy atom. The van der Waals surface area contributed by atoms with Crippen molar-refractivity contribution in [2.24, 2.45) is 11.3 Å². The fourth-order valence-corrected chi connectivity index (χ4v) is 11.4. The minimum absolute atomic E-state index is 0.0201. The van der Waals surface area contributed by atoms with E-state index in [-0.39, 0.29) is 66.9 Å². The molecule has 352 valence electrons. The quantitative estimate of drug-likeness (QED) is 0.104. The lowest BCUT2D eigenvalue weighted by molar-refractivity contribution is -0.144. The van der Waals surface area contributed by atoms with E-state index in [0.717, 1.165) is 83.4 Å². The van der Waals surface area contributed by atoms with Gasteiger partial charge in [0, 0.05) is 68.1 Å². The number of hydrogen-bond acceptors (Lipinski definition) is 14. The van der Waals surface area contributed by atoms with Crippen LogP contribution in [0.3, 0.4) is 0 Å². The Morgan fingerprint density at radius 2 is 1.61 bits per heavy atom. The molecule has 2 aromatic carbocycles. The molecule has 5 atom stereocenters. The molecule has 4 fully saturated rings. The third-order valence-electron chi connectivity index (χ3n) is 14.3. The number of nitrogens with one attached hydrogen (secondary N) is 2. The van der Waals surface area contributed by atoms with Crippen molar-refractivity contribution >= 4 is 46.5 Å². The summed E-state index contributed by atoms with van der Waals surface area (Å²) in [5.74, 6) is 0.295. The van der Waals surface area contributed by atoms with Gasteiger partial charge in [-0.2, -0.15) is 0 Å². The van der Waals surface area contributed by atoms with Gasteiger partial charge in [-0.3, -0.25) is 14.4 Å². The van der Waals surface area contributed by atoms with Gasteiger partial charge in [0.25, 0.3) is 0 Å². The van der Waals surface area contributed by atoms with Gasteiger partial charge >= 0.3 is 0 Å². The maximum atomic E-state index is 14.3. The number of aromatic hydroxyl groups is 1. The number of hydrogen-bond donors (Lipinski definition) is 5. The highest BCUT2D eigenvalue weighted by atomic mass is 32.1. The third kappa shape index (κ3) is 9.53. The van der Waals surface area contributed by atoms with Crippen molar-refractivity contribution in [3.05, 3.63) is 88.8 Å². The standard InChI is InChI=1S/C50H61N11O5S/c1-28-38(23-53-49(55-28)61-34-18-19-35(61)25-59(24-34)40-21-39(57-58-45(40)51)37-8-6-7-9-42(37)63)31-14-16-33(17-15-31)46(64)56-44(50(3,4)5)48(66)60-26-36(62)20-41(60)47(65)52-22-30-10-12-32(13-11-30)43-29(2)54-27-67-43/h6-13,21,23,27,31,33-36,41,44,62-63H,14-20,22,24-26H2,1-5H3,(H2,51,58)(H,52,65)(H,56,64)/t31-,33+,34?,35?,36-,41+,44-/m1/s1. The van der Waals surface area contributed by atoms with Crippen LogP contribution >= 0.6 is 11.3 Å². The minimum atomic E-state index is -0.888. The Morgan fingerprint density at radius 1 is 0.896 bits per heavy atom. The van der Waals surface area contributed by atoms with Crippen molar-refractivity contribution in [1.82, 2.24) is 40.7 Å². The number of nitrogens with zero attached hydrogens (tertiary/aromatic N) is 8. The number of carbonyl (C=O) groups excluding carboxylic acids is 3. The van der Waals surface area contributed by atoms with E-state index >= 15 is 0 Å². The molecule has 3 saturated heterocycles. The van der Waals surface area contributed by atoms with Crippen LogP contribution in [-0.4, -0.2) is 108 Å². The molecule has 1 saturated carbocycles. The van der Waals surface area contributed by atoms with Gasteiger partial charge in [-0.1, -0.05) is 57.2 Å². The summed E-state index contributed by atoms with van der Waals surface area (Å²) >= 11 is 1.58. The number of para-hydroxylation sites is 1. The number of aryl methyl sites for hydroxylation is 2. The fourth-order valence-electron chi connectivity index (χ4n) is 10.6. The summed E-state index contributed by atoms with van der Waals surface area (Å²) in [4.78, 5) is 63.5. The summed E-state index contributed by atoms with van der Waals surface area (Å²) in [7, 11) is 0. The first-order valence-corrected chi connectivity index (χ1v) is 24.3. The van der Waals surface area contributed by atoms with E-state index in [4.69, 9.17) is 15.7 Å². The van der Waals surface area contributed by atoms with Gasteiger partial charge in [-0.25, -0.2) is 15.0 Å². The number of β-amino-alcohol motifs (C(OH)–C–C–N with tert-alkyl or cyclic N) is 1. The number of nitrogens with two attached hydrogens (primary N) is 1. The van der Waals surface area contributed by atoms with Crippen LogP contribution in [-0.2, 0) is 20.9 Å². The number of anilines is 3. The smallest absolute Gasteiger partial charge is 0.246 e. The summed E-state index contributed by atoms with van der Waals surface area (Å²) in [5, 5.41) is 35.8. The number of phenols is 1. The Labute approximate surface area is 395 Å². The van der Waals surface area contributed by atoms with E-state index in [1.54, 1.807) is 23.5 Å². The number of piperazine rings is 1. The lowest BCUT2D eigenvalue weighted by atomic mass is 9.77. The molecule has 6 heterocycles. The second-order valence-electron chi connectivity index (χ2n) is 19.9. The monoisotopic (exact) mass is 927 g/mol. The van der Waals surface area contributed by atoms with Crippen LogP contribution in [0, 0.1) is 25.2 Å². The molecule has 1 aliphatic carbocycles. The van der Waals surface area contributed by atoms with Gasteiger partial charge in [0.1, 0.15) is 17.8 Å². The van der Waals surface area contributed by atoms with E-state index < -0.39 is 23.6 Å². The van der Waals surface area contributed by atoms with Crippen LogP contribution in [0.2, 0.25) is 0 Å². The van der Waals surface area contributed by atoms with Crippen molar-refractivity contribution in [3.63, 3.8) is 0 Å². The second-order valence-corrected chi connectivity index (χ2v) is 20.7. The summed E-state index contributed by atoms with van der Waals surface area (Å²) in [6.07, 6.45) is 6.16. The zero-order valence-corrected chi connectivity index (χ0v) is 39.7. The number of aromatic nitrogens is 5. The number of benzene rings is 2. The van der Waals surface area contributed by atoms with Crippen LogP contribution < -0.4 is 26.2 Å². The fraction of sp³-hybridized carbons (Fsp3) is 0.480. The lowest BCUT2D eigenvalue weighted by Gasteiger charge is -2.42. The lowest BCUT2D eigenvalue weighted by Crippen LogP contribution is -2.58. The Kier molecular flexibility index (Phi) is 12.9. The van der Waals surface area contributed by atoms with Gasteiger partial charge in [-0.15, -0.1) is 21.5 Å².